The first-order valence-corrected chi connectivity index (χ1v) is 10.8. The number of rotatable bonds is 5. The smallest absolute Gasteiger partial charge is 0.275 e. The molecule has 8 nitrogen and oxygen atoms in total. The number of hydrogen-bond acceptors (Lipinski definition) is 6. The van der Waals surface area contributed by atoms with Crippen molar-refractivity contribution in [2.75, 3.05) is 10.0 Å². The van der Waals surface area contributed by atoms with E-state index in [0.717, 1.165) is 6.07 Å². The quantitative estimate of drug-likeness (QED) is 0.391. The maximum Gasteiger partial charge on any atom is 0.275 e. The highest BCUT2D eigenvalue weighted by Crippen LogP contribution is 2.28. The van der Waals surface area contributed by atoms with E-state index in [4.69, 9.17) is 11.6 Å². The number of anilines is 2. The minimum absolute atomic E-state index is 0.0170. The van der Waals surface area contributed by atoms with E-state index in [-0.39, 0.29) is 27.7 Å². The van der Waals surface area contributed by atoms with Gasteiger partial charge in [-0.15, -0.1) is 0 Å². The van der Waals surface area contributed by atoms with Crippen LogP contribution in [-0.2, 0) is 10.0 Å². The molecule has 4 aromatic rings. The molecule has 0 bridgehead atoms. The largest absolute Gasteiger partial charge is 0.506 e. The Hall–Kier alpha value is -3.69. The molecule has 0 radical (unpaired) electrons. The minimum Gasteiger partial charge on any atom is -0.506 e. The highest BCUT2D eigenvalue weighted by molar-refractivity contribution is 7.92. The normalized spacial score (nSPS) is 11.3. The molecule has 0 aliphatic carbocycles. The summed E-state index contributed by atoms with van der Waals surface area (Å²) in [6.45, 7) is 0. The lowest BCUT2D eigenvalue weighted by atomic mass is 10.2. The summed E-state index contributed by atoms with van der Waals surface area (Å²) in [7, 11) is -4.00. The zero-order chi connectivity index (χ0) is 22.0. The van der Waals surface area contributed by atoms with Crippen LogP contribution >= 0.6 is 11.6 Å². The van der Waals surface area contributed by atoms with E-state index < -0.39 is 15.9 Å². The van der Waals surface area contributed by atoms with E-state index in [1.807, 2.05) is 0 Å². The molecule has 10 heteroatoms. The fraction of sp³-hybridized carbons (Fsp3) is 0. The number of para-hydroxylation sites is 2. The molecule has 0 unspecified atom stereocenters. The van der Waals surface area contributed by atoms with Crippen molar-refractivity contribution in [3.8, 4) is 5.75 Å². The molecule has 0 spiro atoms. The number of phenolic OH excluding ortho intramolecular Hbond substituents is 1. The summed E-state index contributed by atoms with van der Waals surface area (Å²) >= 11 is 5.89. The van der Waals surface area contributed by atoms with Gasteiger partial charge in [-0.3, -0.25) is 14.5 Å². The van der Waals surface area contributed by atoms with Gasteiger partial charge in [-0.2, -0.15) is 0 Å². The first kappa shape index (κ1) is 20.6. The number of halogens is 1. The Morgan fingerprint density at radius 3 is 2.52 bits per heavy atom. The number of aromatic hydroxyl groups is 1. The van der Waals surface area contributed by atoms with Gasteiger partial charge in [0.15, 0.2) is 0 Å². The lowest BCUT2D eigenvalue weighted by Gasteiger charge is -2.12. The van der Waals surface area contributed by atoms with Crippen molar-refractivity contribution in [3.05, 3.63) is 83.6 Å². The van der Waals surface area contributed by atoms with Gasteiger partial charge in [0.1, 0.15) is 11.4 Å². The second-order valence-corrected chi connectivity index (χ2v) is 8.61. The van der Waals surface area contributed by atoms with Gasteiger partial charge in [-0.1, -0.05) is 29.8 Å². The summed E-state index contributed by atoms with van der Waals surface area (Å²) in [6.07, 6.45) is 1.30. The van der Waals surface area contributed by atoms with Crippen LogP contribution < -0.4 is 10.0 Å². The van der Waals surface area contributed by atoms with Gasteiger partial charge in [0.05, 0.1) is 33.5 Å². The van der Waals surface area contributed by atoms with Gasteiger partial charge >= 0.3 is 0 Å². The lowest BCUT2D eigenvalue weighted by Crippen LogP contribution is -2.16. The van der Waals surface area contributed by atoms with Crippen LogP contribution in [0.3, 0.4) is 0 Å². The summed E-state index contributed by atoms with van der Waals surface area (Å²) < 4.78 is 27.8. The Morgan fingerprint density at radius 1 is 0.968 bits per heavy atom. The van der Waals surface area contributed by atoms with Crippen LogP contribution in [0, 0.1) is 0 Å². The molecule has 1 heterocycles. The molecule has 3 N–H and O–H groups in total. The standard InChI is InChI=1S/C21H15ClN4O4S/c22-13-4-3-5-14(10-13)26-31(29,30)15-8-9-20(27)18(11-15)25-21(28)19-12-23-16-6-1-2-7-17(16)24-19/h1-12,26-27H,(H,25,28). The second-order valence-electron chi connectivity index (χ2n) is 6.49. The topological polar surface area (TPSA) is 121 Å². The zero-order valence-corrected chi connectivity index (χ0v) is 17.4. The molecular weight excluding hydrogens is 440 g/mol. The fourth-order valence-electron chi connectivity index (χ4n) is 2.80. The molecule has 0 aliphatic rings. The Kier molecular flexibility index (Phi) is 5.45. The van der Waals surface area contributed by atoms with Gasteiger partial charge in [-0.25, -0.2) is 13.4 Å². The summed E-state index contributed by atoms with van der Waals surface area (Å²) in [5.74, 6) is -0.949. The van der Waals surface area contributed by atoms with Crippen LogP contribution in [0.15, 0.2) is 77.8 Å². The van der Waals surface area contributed by atoms with E-state index in [0.29, 0.717) is 16.1 Å². The Morgan fingerprint density at radius 2 is 1.74 bits per heavy atom. The lowest BCUT2D eigenvalue weighted by molar-refractivity contribution is 0.102. The highest BCUT2D eigenvalue weighted by Gasteiger charge is 2.18. The summed E-state index contributed by atoms with van der Waals surface area (Å²) in [5.41, 5.74) is 1.36. The SMILES string of the molecule is O=C(Nc1cc(S(=O)(=O)Nc2cccc(Cl)c2)ccc1O)c1cnc2ccccc2n1. The van der Waals surface area contributed by atoms with Gasteiger partial charge in [-0.05, 0) is 48.5 Å². The maximum absolute atomic E-state index is 12.7. The molecule has 156 valence electrons. The number of carbonyl (C=O) groups excluding carboxylic acids is 1. The number of fused-ring (bicyclic) bond motifs is 1. The number of nitrogens with one attached hydrogen (secondary N) is 2. The number of benzene rings is 3. The minimum atomic E-state index is -4.00. The molecule has 0 saturated heterocycles. The number of phenols is 1. The highest BCUT2D eigenvalue weighted by atomic mass is 35.5. The van der Waals surface area contributed by atoms with Crippen LogP contribution in [0.25, 0.3) is 11.0 Å². The monoisotopic (exact) mass is 454 g/mol. The summed E-state index contributed by atoms with van der Waals surface area (Å²) in [5, 5.41) is 13.0. The predicted octanol–water partition coefficient (Wildman–Crippen LogP) is 4.04. The Balaban J connectivity index is 1.60. The molecular formula is C21H15ClN4O4S. The van der Waals surface area contributed by atoms with Crippen LogP contribution in [0.5, 0.6) is 5.75 Å². The zero-order valence-electron chi connectivity index (χ0n) is 15.8. The third kappa shape index (κ3) is 4.57. The van der Waals surface area contributed by atoms with Crippen molar-refractivity contribution < 1.29 is 18.3 Å². The number of carbonyl (C=O) groups is 1. The van der Waals surface area contributed by atoms with E-state index in [9.17, 15) is 18.3 Å². The number of amides is 1. The Bertz CT molecular complexity index is 1410. The van der Waals surface area contributed by atoms with Crippen molar-refractivity contribution in [1.82, 2.24) is 9.97 Å². The number of aromatic nitrogens is 2. The first-order valence-electron chi connectivity index (χ1n) is 8.96. The number of hydrogen-bond donors (Lipinski definition) is 3. The summed E-state index contributed by atoms with van der Waals surface area (Å²) in [6, 6.07) is 16.8. The van der Waals surface area contributed by atoms with Gasteiger partial charge < -0.3 is 10.4 Å². The van der Waals surface area contributed by atoms with Gasteiger partial charge in [0.2, 0.25) is 0 Å². The van der Waals surface area contributed by atoms with Crippen molar-refractivity contribution in [2.45, 2.75) is 4.90 Å². The molecule has 3 aromatic carbocycles. The molecule has 0 aliphatic heterocycles. The molecule has 0 atom stereocenters. The molecule has 1 aromatic heterocycles. The predicted molar refractivity (Wildman–Crippen MR) is 118 cm³/mol. The van der Waals surface area contributed by atoms with E-state index in [2.05, 4.69) is 20.0 Å². The first-order chi connectivity index (χ1) is 14.8. The molecule has 1 amide bonds. The van der Waals surface area contributed by atoms with Crippen molar-refractivity contribution in [3.63, 3.8) is 0 Å². The average Bonchev–Trinajstić information content (AvgIpc) is 2.74. The van der Waals surface area contributed by atoms with E-state index >= 15 is 0 Å². The van der Waals surface area contributed by atoms with Gasteiger partial charge in [0.25, 0.3) is 15.9 Å². The van der Waals surface area contributed by atoms with Crippen LogP contribution in [0.4, 0.5) is 11.4 Å². The third-order valence-corrected chi connectivity index (χ3v) is 5.90. The van der Waals surface area contributed by atoms with Crippen LogP contribution in [0.1, 0.15) is 10.5 Å². The van der Waals surface area contributed by atoms with E-state index in [1.165, 1.54) is 24.4 Å². The fourth-order valence-corrected chi connectivity index (χ4v) is 4.07. The molecule has 31 heavy (non-hydrogen) atoms. The molecule has 4 rings (SSSR count). The third-order valence-electron chi connectivity index (χ3n) is 4.28. The van der Waals surface area contributed by atoms with Gasteiger partial charge in [0, 0.05) is 5.02 Å². The average molecular weight is 455 g/mol. The Labute approximate surface area is 182 Å². The molecule has 0 saturated carbocycles. The summed E-state index contributed by atoms with van der Waals surface area (Å²) in [4.78, 5) is 20.8. The van der Waals surface area contributed by atoms with Crippen molar-refractivity contribution >= 4 is 49.9 Å². The van der Waals surface area contributed by atoms with E-state index in [1.54, 1.807) is 42.5 Å². The second kappa shape index (κ2) is 8.21. The number of nitrogens with zero attached hydrogens (tertiary/aromatic N) is 2. The maximum atomic E-state index is 12.7. The van der Waals surface area contributed by atoms with Crippen molar-refractivity contribution in [1.29, 1.82) is 0 Å². The van der Waals surface area contributed by atoms with Crippen LogP contribution in [-0.4, -0.2) is 29.4 Å². The number of sulfonamides is 1. The van der Waals surface area contributed by atoms with Crippen molar-refractivity contribution in [2.24, 2.45) is 0 Å². The molecule has 0 fully saturated rings. The van der Waals surface area contributed by atoms with Crippen LogP contribution in [0.2, 0.25) is 5.02 Å².